The molecule has 0 aromatic heterocycles. The van der Waals surface area contributed by atoms with E-state index in [0.29, 0.717) is 0 Å². The van der Waals surface area contributed by atoms with E-state index in [2.05, 4.69) is 311 Å². The van der Waals surface area contributed by atoms with Gasteiger partial charge in [-0.15, -0.1) is 0 Å². The van der Waals surface area contributed by atoms with Gasteiger partial charge in [0.25, 0.3) is 6.71 Å². The Hall–Kier alpha value is -8.90. The average Bonchev–Trinajstić information content (AvgIpc) is 1.68. The largest absolute Gasteiger partial charge is 0.334 e. The monoisotopic (exact) mass is 1170 g/mol. The third-order valence-corrected chi connectivity index (χ3v) is 27.0. The van der Waals surface area contributed by atoms with Crippen LogP contribution in [0.4, 0.5) is 45.5 Å². The average molecular weight is 1170 g/mol. The van der Waals surface area contributed by atoms with Crippen molar-refractivity contribution in [3.63, 3.8) is 0 Å². The van der Waals surface area contributed by atoms with Crippen LogP contribution in [0.15, 0.2) is 255 Å². The summed E-state index contributed by atoms with van der Waals surface area (Å²) in [6, 6.07) is 99.4. The van der Waals surface area contributed by atoms with E-state index in [-0.39, 0.29) is 28.5 Å². The highest BCUT2D eigenvalue weighted by atomic mass is 28.3. The van der Waals surface area contributed by atoms with E-state index in [0.717, 1.165) is 44.2 Å². The summed E-state index contributed by atoms with van der Waals surface area (Å²) < 4.78 is 0. The Kier molecular flexibility index (Phi) is 12.2. The summed E-state index contributed by atoms with van der Waals surface area (Å²) >= 11 is 0. The molecule has 89 heavy (non-hydrogen) atoms. The van der Waals surface area contributed by atoms with Gasteiger partial charge < -0.3 is 14.7 Å². The first-order valence-corrected chi connectivity index (χ1v) is 34.8. The van der Waals surface area contributed by atoms with Gasteiger partial charge in [-0.25, -0.2) is 0 Å². The molecule has 0 bridgehead atoms. The Balaban J connectivity index is 0.956. The Morgan fingerprint density at radius 2 is 0.809 bits per heavy atom. The molecule has 11 aromatic rings. The van der Waals surface area contributed by atoms with E-state index in [1.807, 2.05) is 0 Å². The van der Waals surface area contributed by atoms with Crippen molar-refractivity contribution in [3.05, 3.63) is 283 Å². The maximum absolute atomic E-state index is 2.88. The Labute approximate surface area is 528 Å². The van der Waals surface area contributed by atoms with Crippen molar-refractivity contribution < 1.29 is 0 Å². The fourth-order valence-electron chi connectivity index (χ4n) is 18.1. The number of anilines is 8. The van der Waals surface area contributed by atoms with Crippen LogP contribution in [-0.2, 0) is 31.1 Å². The topological polar surface area (TPSA) is 9.72 Å². The number of fused-ring (bicyclic) bond motifs is 9. The van der Waals surface area contributed by atoms with E-state index in [4.69, 9.17) is 0 Å². The summed E-state index contributed by atoms with van der Waals surface area (Å²) in [6.07, 6.45) is 8.92. The van der Waals surface area contributed by atoms with E-state index < -0.39 is 8.07 Å². The zero-order valence-electron chi connectivity index (χ0n) is 52.3. The van der Waals surface area contributed by atoms with Crippen molar-refractivity contribution in [2.24, 2.45) is 10.8 Å². The maximum atomic E-state index is 2.88. The molecule has 3 heterocycles. The molecule has 0 N–H and O–H groups in total. The first-order valence-electron chi connectivity index (χ1n) is 32.8. The molecule has 6 aliphatic rings. The molecular formula is C84H76BN3Si. The zero-order chi connectivity index (χ0) is 60.0. The second kappa shape index (κ2) is 20.1. The van der Waals surface area contributed by atoms with Crippen molar-refractivity contribution in [3.8, 4) is 22.3 Å². The lowest BCUT2D eigenvalue weighted by molar-refractivity contribution is 0.195. The van der Waals surface area contributed by atoms with Crippen LogP contribution in [0, 0.1) is 10.8 Å². The highest BCUT2D eigenvalue weighted by Gasteiger charge is 2.59. The van der Waals surface area contributed by atoms with Gasteiger partial charge in [0.15, 0.2) is 8.07 Å². The smallest absolute Gasteiger partial charge is 0.252 e. The molecule has 5 heteroatoms. The summed E-state index contributed by atoms with van der Waals surface area (Å²) in [6.45, 7) is 15.1. The Morgan fingerprint density at radius 1 is 0.337 bits per heavy atom. The molecule has 3 aliphatic heterocycles. The van der Waals surface area contributed by atoms with Gasteiger partial charge in [0, 0.05) is 50.9 Å². The number of rotatable bonds is 9. The normalized spacial score (nSPS) is 19.6. The summed E-state index contributed by atoms with van der Waals surface area (Å²) in [7, 11) is -2.87. The Bertz CT molecular complexity index is 4500. The molecule has 1 saturated carbocycles. The minimum absolute atomic E-state index is 0.0304. The molecule has 0 saturated heterocycles. The maximum Gasteiger partial charge on any atom is 0.252 e. The van der Waals surface area contributed by atoms with E-state index >= 15 is 0 Å². The van der Waals surface area contributed by atoms with Gasteiger partial charge in [0.05, 0.1) is 5.54 Å². The first kappa shape index (κ1) is 54.3. The number of hydrogen-bond acceptors (Lipinski definition) is 3. The van der Waals surface area contributed by atoms with Crippen molar-refractivity contribution >= 4 is 97.4 Å². The van der Waals surface area contributed by atoms with Crippen molar-refractivity contribution in [2.75, 3.05) is 14.7 Å². The van der Waals surface area contributed by atoms with Crippen molar-refractivity contribution in [1.29, 1.82) is 0 Å². The molecule has 0 radical (unpaired) electrons. The van der Waals surface area contributed by atoms with Gasteiger partial charge in [-0.1, -0.05) is 248 Å². The minimum atomic E-state index is -2.87. The fourth-order valence-corrected chi connectivity index (χ4v) is 22.9. The van der Waals surface area contributed by atoms with Crippen LogP contribution in [0.25, 0.3) is 22.3 Å². The minimum Gasteiger partial charge on any atom is -0.334 e. The zero-order valence-corrected chi connectivity index (χ0v) is 53.3. The first-order chi connectivity index (χ1) is 43.3. The molecule has 2 unspecified atom stereocenters. The van der Waals surface area contributed by atoms with Crippen LogP contribution >= 0.6 is 0 Å². The third kappa shape index (κ3) is 8.29. The molecule has 2 atom stereocenters. The third-order valence-electron chi connectivity index (χ3n) is 22.3. The highest BCUT2D eigenvalue weighted by molar-refractivity contribution is 7.20. The van der Waals surface area contributed by atoms with Gasteiger partial charge in [-0.3, -0.25) is 0 Å². The number of benzene rings is 11. The Morgan fingerprint density at radius 3 is 1.42 bits per heavy atom. The van der Waals surface area contributed by atoms with Crippen LogP contribution in [0.3, 0.4) is 0 Å². The van der Waals surface area contributed by atoms with Crippen molar-refractivity contribution in [1.82, 2.24) is 0 Å². The number of nitrogens with zero attached hydrogens (tertiary/aromatic N) is 3. The lowest BCUT2D eigenvalue weighted by atomic mass is 9.33. The molecule has 17 rings (SSSR count). The van der Waals surface area contributed by atoms with Crippen LogP contribution < -0.4 is 51.8 Å². The predicted octanol–water partition coefficient (Wildman–Crippen LogP) is 16.5. The quantitative estimate of drug-likeness (QED) is 0.105. The van der Waals surface area contributed by atoms with Crippen molar-refractivity contribution in [2.45, 2.75) is 104 Å². The highest BCUT2D eigenvalue weighted by Crippen LogP contribution is 2.62. The van der Waals surface area contributed by atoms with E-state index in [1.54, 1.807) is 0 Å². The summed E-state index contributed by atoms with van der Waals surface area (Å²) in [5.41, 5.74) is 26.6. The summed E-state index contributed by atoms with van der Waals surface area (Å²) in [5.74, 6) is 0. The SMILES string of the molecule is CC1(C)Cc2ccc(N3c4cc5c(cc4B4c6cc(-c7ccccc7)ccc6N(c6ccc(-c7ccccc7)cc6)c6cc(N7c8ccc([Si](c9ccccc9)(c9ccccc9)c9ccccc9)cc8C8(C)CCCCC78C)cc3c64)CC(C)(C)C5)cc2C1. The number of hydrogen-bond donors (Lipinski definition) is 0. The molecule has 434 valence electrons. The van der Waals surface area contributed by atoms with Gasteiger partial charge in [-0.2, -0.15) is 0 Å². The second-order valence-electron chi connectivity index (χ2n) is 29.0. The van der Waals surface area contributed by atoms with Gasteiger partial charge in [-0.05, 0) is 198 Å². The second-order valence-corrected chi connectivity index (χ2v) is 32.8. The molecule has 0 spiro atoms. The fraction of sp³-hybridized carbons (Fsp3) is 0.214. The molecule has 3 nitrogen and oxygen atoms in total. The summed E-state index contributed by atoms with van der Waals surface area (Å²) in [5, 5.41) is 5.66. The van der Waals surface area contributed by atoms with E-state index in [9.17, 15) is 0 Å². The molecular weight excluding hydrogens is 1090 g/mol. The van der Waals surface area contributed by atoms with Crippen LogP contribution in [0.5, 0.6) is 0 Å². The lowest BCUT2D eigenvalue weighted by Gasteiger charge is -2.51. The van der Waals surface area contributed by atoms with Crippen LogP contribution in [-0.4, -0.2) is 20.3 Å². The van der Waals surface area contributed by atoms with E-state index in [1.165, 1.54) is 140 Å². The predicted molar refractivity (Wildman–Crippen MR) is 380 cm³/mol. The molecule has 3 aliphatic carbocycles. The molecule has 1 fully saturated rings. The van der Waals surface area contributed by atoms with Crippen LogP contribution in [0.2, 0.25) is 0 Å². The molecule has 11 aromatic carbocycles. The van der Waals surface area contributed by atoms with Gasteiger partial charge in [0.1, 0.15) is 0 Å². The molecule has 0 amide bonds. The summed E-state index contributed by atoms with van der Waals surface area (Å²) in [4.78, 5) is 8.28. The lowest BCUT2D eigenvalue weighted by Crippen LogP contribution is -2.74. The van der Waals surface area contributed by atoms with Crippen LogP contribution in [0.1, 0.15) is 95.0 Å². The standard InChI is InChI=1S/C84H76BN3Si/c1-81(2)53-61-36-40-66(46-62(61)54-81)87-77-49-64-56-82(3,4)55-63(64)48-74(77)85-73-47-60(58-26-14-8-15-27-58)37-42-76(73)86(65-38-34-59(35-39-65)57-24-12-7-13-25-57)78-50-67(51-79(87)80(78)85)88-75-43-41-71(52-72(75)83(5)44-22-23-45-84(83,88)6)89(68-28-16-9-17-29-68,69-30-18-10-19-31-69)70-32-20-11-21-33-70/h7-21,24-43,46-52H,22-23,44-45,53-56H2,1-6H3. The van der Waals surface area contributed by atoms with Gasteiger partial charge >= 0.3 is 0 Å². The van der Waals surface area contributed by atoms with Gasteiger partial charge in [0.2, 0.25) is 0 Å².